The molecule has 0 fully saturated rings. The second kappa shape index (κ2) is 10.8. The van der Waals surface area contributed by atoms with Gasteiger partial charge >= 0.3 is 12.2 Å². The van der Waals surface area contributed by atoms with Crippen LogP contribution in [0.15, 0.2) is 96.2 Å². The minimum Gasteiger partial charge on any atom is -0.399 e. The van der Waals surface area contributed by atoms with Crippen molar-refractivity contribution in [3.8, 4) is 11.1 Å². The zero-order valence-corrected chi connectivity index (χ0v) is 20.5. The molecule has 0 unspecified atom stereocenters. The molecule has 0 aliphatic carbocycles. The van der Waals surface area contributed by atoms with Gasteiger partial charge in [0.1, 0.15) is 0 Å². The lowest BCUT2D eigenvalue weighted by Crippen LogP contribution is -2.28. The fourth-order valence-corrected chi connectivity index (χ4v) is 4.87. The van der Waals surface area contributed by atoms with Crippen molar-refractivity contribution in [3.05, 3.63) is 102 Å². The number of halogens is 3. The number of rotatable bonds is 7. The van der Waals surface area contributed by atoms with Crippen LogP contribution in [0.5, 0.6) is 0 Å². The van der Waals surface area contributed by atoms with Crippen molar-refractivity contribution in [1.29, 1.82) is 0 Å². The zero-order valence-electron chi connectivity index (χ0n) is 19.7. The van der Waals surface area contributed by atoms with Gasteiger partial charge in [0.15, 0.2) is 0 Å². The fourth-order valence-electron chi connectivity index (χ4n) is 3.56. The molecule has 0 spiro atoms. The van der Waals surface area contributed by atoms with Gasteiger partial charge in [-0.05, 0) is 65.7 Å². The average molecular weight is 542 g/mol. The topological polar surface area (TPSA) is 126 Å². The third kappa shape index (κ3) is 6.59. The standard InChI is InChI=1S/C26H22F3N5O3S/c27-26(28,29)19-6-11-23(18-4-1-5-20(30)13-18)24(14-19)38(36,37)34-22-9-7-21(8-10-22)33-25(35)32-16-17-3-2-12-31-15-17/h1-15,34H,16,30H2,(H2,32,33,35). The Morgan fingerprint density at radius 1 is 0.921 bits per heavy atom. The van der Waals surface area contributed by atoms with E-state index in [0.717, 1.165) is 17.7 Å². The van der Waals surface area contributed by atoms with Crippen LogP contribution in [-0.2, 0) is 22.7 Å². The number of nitrogen functional groups attached to an aromatic ring is 1. The molecule has 12 heteroatoms. The average Bonchev–Trinajstić information content (AvgIpc) is 2.88. The lowest BCUT2D eigenvalue weighted by molar-refractivity contribution is -0.137. The Kier molecular flexibility index (Phi) is 7.53. The summed E-state index contributed by atoms with van der Waals surface area (Å²) in [6.07, 6.45) is -1.52. The number of carbonyl (C=O) groups excluding carboxylic acids is 1. The van der Waals surface area contributed by atoms with Gasteiger partial charge in [-0.25, -0.2) is 13.2 Å². The molecule has 4 aromatic rings. The van der Waals surface area contributed by atoms with Gasteiger partial charge in [-0.15, -0.1) is 0 Å². The Hall–Kier alpha value is -4.58. The number of hydrogen-bond donors (Lipinski definition) is 4. The van der Waals surface area contributed by atoms with Crippen molar-refractivity contribution in [2.24, 2.45) is 0 Å². The molecule has 38 heavy (non-hydrogen) atoms. The molecule has 3 aromatic carbocycles. The maximum atomic E-state index is 13.4. The number of carbonyl (C=O) groups is 1. The van der Waals surface area contributed by atoms with Crippen LogP contribution in [0.2, 0.25) is 0 Å². The van der Waals surface area contributed by atoms with Crippen LogP contribution in [0.25, 0.3) is 11.1 Å². The molecule has 0 bridgehead atoms. The van der Waals surface area contributed by atoms with E-state index in [4.69, 9.17) is 5.73 Å². The summed E-state index contributed by atoms with van der Waals surface area (Å²) in [5.74, 6) is 0. The molecule has 0 aliphatic rings. The summed E-state index contributed by atoms with van der Waals surface area (Å²) < 4.78 is 69.0. The SMILES string of the molecule is Nc1cccc(-c2ccc(C(F)(F)F)cc2S(=O)(=O)Nc2ccc(NC(=O)NCc3cccnc3)cc2)c1. The first-order chi connectivity index (χ1) is 18.0. The first-order valence-corrected chi connectivity index (χ1v) is 12.6. The normalized spacial score (nSPS) is 11.6. The number of benzene rings is 3. The van der Waals surface area contributed by atoms with Gasteiger partial charge in [0, 0.05) is 41.6 Å². The van der Waals surface area contributed by atoms with Crippen LogP contribution in [0.1, 0.15) is 11.1 Å². The molecule has 2 amide bonds. The summed E-state index contributed by atoms with van der Waals surface area (Å²) in [6.45, 7) is 0.254. The van der Waals surface area contributed by atoms with E-state index >= 15 is 0 Å². The highest BCUT2D eigenvalue weighted by molar-refractivity contribution is 7.92. The molecule has 0 saturated heterocycles. The highest BCUT2D eigenvalue weighted by Gasteiger charge is 2.33. The Labute approximate surface area is 216 Å². The molecule has 0 aliphatic heterocycles. The number of nitrogens with two attached hydrogens (primary N) is 1. The minimum atomic E-state index is -4.75. The van der Waals surface area contributed by atoms with E-state index in [1.807, 2.05) is 0 Å². The van der Waals surface area contributed by atoms with Crippen LogP contribution in [-0.4, -0.2) is 19.4 Å². The molecule has 4 rings (SSSR count). The number of amides is 2. The number of nitrogens with one attached hydrogen (secondary N) is 3. The third-order valence-electron chi connectivity index (χ3n) is 5.37. The highest BCUT2D eigenvalue weighted by Crippen LogP contribution is 2.36. The van der Waals surface area contributed by atoms with Gasteiger partial charge in [0.2, 0.25) is 0 Å². The first kappa shape index (κ1) is 26.5. The van der Waals surface area contributed by atoms with E-state index in [1.165, 1.54) is 30.3 Å². The van der Waals surface area contributed by atoms with Crippen LogP contribution >= 0.6 is 0 Å². The number of aromatic nitrogens is 1. The van der Waals surface area contributed by atoms with E-state index < -0.39 is 32.7 Å². The van der Waals surface area contributed by atoms with Crippen LogP contribution in [0.4, 0.5) is 35.0 Å². The van der Waals surface area contributed by atoms with E-state index in [1.54, 1.807) is 42.7 Å². The molecule has 0 radical (unpaired) electrons. The van der Waals surface area contributed by atoms with E-state index in [-0.39, 0.29) is 17.8 Å². The minimum absolute atomic E-state index is 0.0568. The van der Waals surface area contributed by atoms with Gasteiger partial charge < -0.3 is 16.4 Å². The second-order valence-electron chi connectivity index (χ2n) is 8.19. The number of alkyl halides is 3. The number of urea groups is 1. The summed E-state index contributed by atoms with van der Waals surface area (Å²) >= 11 is 0. The molecule has 196 valence electrons. The maximum Gasteiger partial charge on any atom is 0.416 e. The summed E-state index contributed by atoms with van der Waals surface area (Å²) in [5, 5.41) is 5.27. The van der Waals surface area contributed by atoms with E-state index in [9.17, 15) is 26.4 Å². The van der Waals surface area contributed by atoms with Crippen LogP contribution in [0.3, 0.4) is 0 Å². The number of hydrogen-bond acceptors (Lipinski definition) is 5. The van der Waals surface area contributed by atoms with Crippen molar-refractivity contribution in [3.63, 3.8) is 0 Å². The van der Waals surface area contributed by atoms with Crippen LogP contribution in [0, 0.1) is 0 Å². The van der Waals surface area contributed by atoms with E-state index in [0.29, 0.717) is 23.0 Å². The second-order valence-corrected chi connectivity index (χ2v) is 9.84. The fraction of sp³-hybridized carbons (Fsp3) is 0.0769. The van der Waals surface area contributed by atoms with Gasteiger partial charge in [0.05, 0.1) is 10.5 Å². The molecule has 1 heterocycles. The lowest BCUT2D eigenvalue weighted by atomic mass is 10.0. The third-order valence-corrected chi connectivity index (χ3v) is 6.79. The van der Waals surface area contributed by atoms with Crippen molar-refractivity contribution < 1.29 is 26.4 Å². The predicted molar refractivity (Wildman–Crippen MR) is 139 cm³/mol. The van der Waals surface area contributed by atoms with Crippen molar-refractivity contribution in [1.82, 2.24) is 10.3 Å². The Bertz CT molecular complexity index is 1540. The monoisotopic (exact) mass is 541 g/mol. The summed E-state index contributed by atoms with van der Waals surface area (Å²) in [4.78, 5) is 15.5. The molecular weight excluding hydrogens is 519 g/mol. The highest BCUT2D eigenvalue weighted by atomic mass is 32.2. The van der Waals surface area contributed by atoms with Crippen LogP contribution < -0.4 is 21.1 Å². The quantitative estimate of drug-likeness (QED) is 0.231. The van der Waals surface area contributed by atoms with Crippen molar-refractivity contribution in [2.75, 3.05) is 15.8 Å². The smallest absolute Gasteiger partial charge is 0.399 e. The summed E-state index contributed by atoms with van der Waals surface area (Å²) in [7, 11) is -4.46. The van der Waals surface area contributed by atoms with Crippen molar-refractivity contribution >= 4 is 33.1 Å². The molecular formula is C26H22F3N5O3S. The molecule has 1 aromatic heterocycles. The summed E-state index contributed by atoms with van der Waals surface area (Å²) in [6, 6.07) is 17.4. The Morgan fingerprint density at radius 2 is 1.66 bits per heavy atom. The first-order valence-electron chi connectivity index (χ1n) is 11.1. The van der Waals surface area contributed by atoms with Crippen molar-refractivity contribution in [2.45, 2.75) is 17.6 Å². The number of anilines is 3. The number of nitrogens with zero attached hydrogens (tertiary/aromatic N) is 1. The number of sulfonamides is 1. The maximum absolute atomic E-state index is 13.4. The summed E-state index contributed by atoms with van der Waals surface area (Å²) in [5.41, 5.74) is 6.67. The Morgan fingerprint density at radius 3 is 2.32 bits per heavy atom. The van der Waals surface area contributed by atoms with Gasteiger partial charge in [-0.3, -0.25) is 9.71 Å². The van der Waals surface area contributed by atoms with Gasteiger partial charge in [-0.1, -0.05) is 24.3 Å². The van der Waals surface area contributed by atoms with Gasteiger partial charge in [-0.2, -0.15) is 13.2 Å². The van der Waals surface area contributed by atoms with E-state index in [2.05, 4.69) is 20.3 Å². The molecule has 8 nitrogen and oxygen atoms in total. The predicted octanol–water partition coefficient (Wildman–Crippen LogP) is 5.47. The number of pyridine rings is 1. The largest absolute Gasteiger partial charge is 0.416 e. The Balaban J connectivity index is 1.53. The zero-order chi connectivity index (χ0) is 27.3. The van der Waals surface area contributed by atoms with Gasteiger partial charge in [0.25, 0.3) is 10.0 Å². The lowest BCUT2D eigenvalue weighted by Gasteiger charge is -2.16. The molecule has 0 saturated carbocycles. The molecule has 0 atom stereocenters. The molecule has 5 N–H and O–H groups in total.